The second-order valence-corrected chi connectivity index (χ2v) is 6.03. The summed E-state index contributed by atoms with van der Waals surface area (Å²) in [7, 11) is 0. The van der Waals surface area contributed by atoms with Crippen LogP contribution in [0.3, 0.4) is 0 Å². The fourth-order valence-electron chi connectivity index (χ4n) is 2.39. The van der Waals surface area contributed by atoms with E-state index in [1.54, 1.807) is 0 Å². The van der Waals surface area contributed by atoms with Crippen molar-refractivity contribution in [3.05, 3.63) is 52.5 Å². The third kappa shape index (κ3) is 2.62. The first-order valence-corrected chi connectivity index (χ1v) is 7.95. The van der Waals surface area contributed by atoms with Crippen molar-refractivity contribution in [2.45, 2.75) is 13.5 Å². The molecule has 0 saturated carbocycles. The standard InChI is InChI=1S/C16H15ClN2OS/c1-2-19(16-18-15(17)14(10-20)21-16)13-9-5-7-11-6-3-4-8-12(11)13/h3-9,20H,2,10H2,1H3. The molecule has 0 spiro atoms. The van der Waals surface area contributed by atoms with Crippen LogP contribution >= 0.6 is 22.9 Å². The number of hydrogen-bond donors (Lipinski definition) is 1. The van der Waals surface area contributed by atoms with Gasteiger partial charge in [-0.2, -0.15) is 0 Å². The highest BCUT2D eigenvalue weighted by molar-refractivity contribution is 7.16. The molecule has 0 bridgehead atoms. The molecular formula is C16H15ClN2OS. The number of thiazole rings is 1. The minimum absolute atomic E-state index is 0.0798. The number of aliphatic hydroxyl groups is 1. The average Bonchev–Trinajstić information content (AvgIpc) is 2.89. The van der Waals surface area contributed by atoms with Crippen LogP contribution in [0.2, 0.25) is 5.15 Å². The lowest BCUT2D eigenvalue weighted by molar-refractivity contribution is 0.285. The first kappa shape index (κ1) is 14.3. The second kappa shape index (κ2) is 6.02. The maximum atomic E-state index is 9.30. The lowest BCUT2D eigenvalue weighted by Crippen LogP contribution is -2.16. The Morgan fingerprint density at radius 3 is 2.67 bits per heavy atom. The lowest BCUT2D eigenvalue weighted by atomic mass is 10.1. The van der Waals surface area contributed by atoms with Gasteiger partial charge in [0.25, 0.3) is 0 Å². The number of fused-ring (bicyclic) bond motifs is 1. The Bertz CT molecular complexity index is 767. The minimum Gasteiger partial charge on any atom is -0.391 e. The summed E-state index contributed by atoms with van der Waals surface area (Å²) >= 11 is 7.49. The molecule has 3 nitrogen and oxygen atoms in total. The van der Waals surface area contributed by atoms with Crippen LogP contribution in [0.5, 0.6) is 0 Å². The van der Waals surface area contributed by atoms with Crippen LogP contribution in [0, 0.1) is 0 Å². The lowest BCUT2D eigenvalue weighted by Gasteiger charge is -2.21. The van der Waals surface area contributed by atoms with Gasteiger partial charge >= 0.3 is 0 Å². The molecule has 21 heavy (non-hydrogen) atoms. The van der Waals surface area contributed by atoms with E-state index < -0.39 is 0 Å². The van der Waals surface area contributed by atoms with E-state index >= 15 is 0 Å². The Balaban J connectivity index is 2.13. The van der Waals surface area contributed by atoms with Crippen LogP contribution in [-0.2, 0) is 6.61 Å². The molecule has 0 aliphatic rings. The topological polar surface area (TPSA) is 36.4 Å². The molecule has 0 fully saturated rings. The highest BCUT2D eigenvalue weighted by Gasteiger charge is 2.16. The monoisotopic (exact) mass is 318 g/mol. The maximum absolute atomic E-state index is 9.30. The quantitative estimate of drug-likeness (QED) is 0.763. The molecule has 0 saturated heterocycles. The van der Waals surface area contributed by atoms with E-state index in [0.29, 0.717) is 10.0 Å². The van der Waals surface area contributed by atoms with Gasteiger partial charge in [0, 0.05) is 11.9 Å². The normalized spacial score (nSPS) is 11.0. The van der Waals surface area contributed by atoms with Crippen molar-refractivity contribution in [1.29, 1.82) is 0 Å². The number of hydrogen-bond acceptors (Lipinski definition) is 4. The minimum atomic E-state index is -0.0798. The Hall–Kier alpha value is -1.62. The summed E-state index contributed by atoms with van der Waals surface area (Å²) in [6, 6.07) is 14.5. The van der Waals surface area contributed by atoms with Gasteiger partial charge in [-0.05, 0) is 18.4 Å². The van der Waals surface area contributed by atoms with E-state index in [9.17, 15) is 5.11 Å². The molecule has 0 aliphatic carbocycles. The van der Waals surface area contributed by atoms with E-state index in [1.165, 1.54) is 22.1 Å². The summed E-state index contributed by atoms with van der Waals surface area (Å²) in [4.78, 5) is 7.21. The van der Waals surface area contributed by atoms with Crippen LogP contribution < -0.4 is 4.90 Å². The zero-order chi connectivity index (χ0) is 14.8. The van der Waals surface area contributed by atoms with Crippen LogP contribution in [0.15, 0.2) is 42.5 Å². The number of rotatable bonds is 4. The van der Waals surface area contributed by atoms with Crippen LogP contribution in [-0.4, -0.2) is 16.6 Å². The number of benzene rings is 2. The summed E-state index contributed by atoms with van der Waals surface area (Å²) in [5.41, 5.74) is 1.10. The van der Waals surface area contributed by atoms with Gasteiger partial charge in [0.1, 0.15) is 5.15 Å². The summed E-state index contributed by atoms with van der Waals surface area (Å²) in [6.45, 7) is 2.78. The number of aliphatic hydroxyl groups excluding tert-OH is 1. The fraction of sp³-hybridized carbons (Fsp3) is 0.188. The van der Waals surface area contributed by atoms with Gasteiger partial charge in [0.05, 0.1) is 17.2 Å². The van der Waals surface area contributed by atoms with Gasteiger partial charge in [0.15, 0.2) is 5.13 Å². The number of nitrogens with zero attached hydrogens (tertiary/aromatic N) is 2. The molecule has 0 amide bonds. The molecule has 0 atom stereocenters. The summed E-state index contributed by atoms with van der Waals surface area (Å²) in [5.74, 6) is 0. The first-order valence-electron chi connectivity index (χ1n) is 6.76. The van der Waals surface area contributed by atoms with E-state index in [0.717, 1.165) is 17.4 Å². The van der Waals surface area contributed by atoms with Crippen molar-refractivity contribution in [1.82, 2.24) is 4.98 Å². The van der Waals surface area contributed by atoms with Gasteiger partial charge in [-0.3, -0.25) is 0 Å². The van der Waals surface area contributed by atoms with Gasteiger partial charge in [0.2, 0.25) is 0 Å². The van der Waals surface area contributed by atoms with Gasteiger partial charge in [-0.15, -0.1) is 0 Å². The fourth-order valence-corrected chi connectivity index (χ4v) is 3.58. The van der Waals surface area contributed by atoms with E-state index in [2.05, 4.69) is 41.1 Å². The van der Waals surface area contributed by atoms with Crippen LogP contribution in [0.25, 0.3) is 10.8 Å². The largest absolute Gasteiger partial charge is 0.391 e. The summed E-state index contributed by atoms with van der Waals surface area (Å²) in [5, 5.41) is 12.9. The van der Waals surface area contributed by atoms with Gasteiger partial charge < -0.3 is 10.0 Å². The van der Waals surface area contributed by atoms with Gasteiger partial charge in [-0.25, -0.2) is 4.98 Å². The molecule has 1 heterocycles. The zero-order valence-electron chi connectivity index (χ0n) is 11.6. The molecule has 5 heteroatoms. The first-order chi connectivity index (χ1) is 10.2. The highest BCUT2D eigenvalue weighted by atomic mass is 35.5. The van der Waals surface area contributed by atoms with E-state index in [1.807, 2.05) is 18.2 Å². The van der Waals surface area contributed by atoms with Crippen molar-refractivity contribution in [2.24, 2.45) is 0 Å². The molecule has 0 unspecified atom stereocenters. The van der Waals surface area contributed by atoms with Crippen molar-refractivity contribution < 1.29 is 5.11 Å². The van der Waals surface area contributed by atoms with Crippen molar-refractivity contribution in [2.75, 3.05) is 11.4 Å². The number of aromatic nitrogens is 1. The Morgan fingerprint density at radius 1 is 1.19 bits per heavy atom. The molecule has 108 valence electrons. The van der Waals surface area contributed by atoms with Crippen molar-refractivity contribution in [3.8, 4) is 0 Å². The number of halogens is 1. The molecule has 3 rings (SSSR count). The summed E-state index contributed by atoms with van der Waals surface area (Å²) in [6.07, 6.45) is 0. The molecule has 3 aromatic rings. The molecular weight excluding hydrogens is 304 g/mol. The summed E-state index contributed by atoms with van der Waals surface area (Å²) < 4.78 is 0. The predicted molar refractivity (Wildman–Crippen MR) is 89.7 cm³/mol. The smallest absolute Gasteiger partial charge is 0.191 e. The van der Waals surface area contributed by atoms with Crippen molar-refractivity contribution in [3.63, 3.8) is 0 Å². The maximum Gasteiger partial charge on any atom is 0.191 e. The SMILES string of the molecule is CCN(c1nc(Cl)c(CO)s1)c1cccc2ccccc12. The molecule has 0 radical (unpaired) electrons. The van der Waals surface area contributed by atoms with Gasteiger partial charge in [-0.1, -0.05) is 59.3 Å². The van der Waals surface area contributed by atoms with Crippen LogP contribution in [0.1, 0.15) is 11.8 Å². The Kier molecular flexibility index (Phi) is 4.10. The predicted octanol–water partition coefficient (Wildman–Crippen LogP) is 4.60. The third-order valence-corrected chi connectivity index (χ3v) is 4.87. The average molecular weight is 319 g/mol. The second-order valence-electron chi connectivity index (χ2n) is 4.61. The molecule has 2 aromatic carbocycles. The Morgan fingerprint density at radius 2 is 1.95 bits per heavy atom. The van der Waals surface area contributed by atoms with Crippen molar-refractivity contribution >= 4 is 44.5 Å². The highest BCUT2D eigenvalue weighted by Crippen LogP contribution is 2.36. The molecule has 1 N–H and O–H groups in total. The van der Waals surface area contributed by atoms with Crippen LogP contribution in [0.4, 0.5) is 10.8 Å². The van der Waals surface area contributed by atoms with E-state index in [4.69, 9.17) is 11.6 Å². The molecule has 1 aromatic heterocycles. The Labute approximate surface area is 132 Å². The zero-order valence-corrected chi connectivity index (χ0v) is 13.2. The molecule has 0 aliphatic heterocycles. The van der Waals surface area contributed by atoms with E-state index in [-0.39, 0.29) is 6.61 Å². The number of anilines is 2. The third-order valence-electron chi connectivity index (χ3n) is 3.39.